The van der Waals surface area contributed by atoms with E-state index < -0.39 is 50.1 Å². The number of nitrogens with two attached hydrogens (primary N) is 1. The van der Waals surface area contributed by atoms with E-state index in [-0.39, 0.29) is 18.0 Å². The first-order valence-electron chi connectivity index (χ1n) is 9.99. The van der Waals surface area contributed by atoms with E-state index >= 15 is 0 Å². The van der Waals surface area contributed by atoms with Gasteiger partial charge in [-0.2, -0.15) is 4.72 Å². The quantitative estimate of drug-likeness (QED) is 0.0943. The number of hydrogen-bond donors (Lipinski definition) is 5. The van der Waals surface area contributed by atoms with Gasteiger partial charge in [0.1, 0.15) is 17.6 Å². The van der Waals surface area contributed by atoms with Gasteiger partial charge in [-0.25, -0.2) is 27.1 Å². The van der Waals surface area contributed by atoms with E-state index in [4.69, 9.17) is 20.9 Å². The zero-order chi connectivity index (χ0) is 26.5. The van der Waals surface area contributed by atoms with Gasteiger partial charge in [0.15, 0.2) is 23.2 Å². The Morgan fingerprint density at radius 2 is 1.61 bits per heavy atom. The molecule has 3 aromatic carbocycles. The van der Waals surface area contributed by atoms with Crippen LogP contribution in [0.25, 0.3) is 0 Å². The summed E-state index contributed by atoms with van der Waals surface area (Å²) in [6, 6.07) is 9.41. The first-order chi connectivity index (χ1) is 17.0. The highest BCUT2D eigenvalue weighted by Gasteiger charge is 2.28. The number of carbonyl (C=O) groups is 1. The number of halogens is 3. The minimum absolute atomic E-state index is 0.0966. The maximum Gasteiger partial charge on any atom is 0.261 e. The van der Waals surface area contributed by atoms with Crippen LogP contribution in [-0.4, -0.2) is 36.6 Å². The summed E-state index contributed by atoms with van der Waals surface area (Å²) in [5.74, 6) is -5.68. The van der Waals surface area contributed by atoms with E-state index in [1.54, 1.807) is 0 Å². The number of benzene rings is 3. The van der Waals surface area contributed by atoms with Crippen molar-refractivity contribution in [3.05, 3.63) is 89.2 Å². The molecule has 0 saturated carbocycles. The largest absolute Gasteiger partial charge is 0.451 e. The lowest BCUT2D eigenvalue weighted by atomic mass is 10.0. The fourth-order valence-electron chi connectivity index (χ4n) is 3.04. The molecule has 0 fully saturated rings. The fourth-order valence-corrected chi connectivity index (χ4v) is 4.25. The summed E-state index contributed by atoms with van der Waals surface area (Å²) in [6.45, 7) is 0. The molecule has 0 radical (unpaired) electrons. The molecule has 0 spiro atoms. The lowest BCUT2D eigenvalue weighted by Gasteiger charge is -2.18. The van der Waals surface area contributed by atoms with Gasteiger partial charge in [0.05, 0.1) is 4.90 Å². The van der Waals surface area contributed by atoms with Crippen molar-refractivity contribution in [2.45, 2.75) is 17.4 Å². The SMILES string of the molecule is NC(=NO)c1ccc(C[C@@H](NS(=O)(=O)c2cc(F)c(Oc3ccc(F)cc3)c(F)c2)C(=O)NO)cc1. The molecule has 0 saturated heterocycles. The second-order valence-corrected chi connectivity index (χ2v) is 9.02. The number of amides is 1. The summed E-state index contributed by atoms with van der Waals surface area (Å²) < 4.78 is 74.8. The van der Waals surface area contributed by atoms with Gasteiger partial charge in [-0.1, -0.05) is 29.4 Å². The number of amidine groups is 1. The topological polar surface area (TPSA) is 163 Å². The fraction of sp³-hybridized carbons (Fsp3) is 0.0909. The molecule has 0 aliphatic carbocycles. The molecule has 0 aromatic heterocycles. The van der Waals surface area contributed by atoms with Crippen molar-refractivity contribution < 1.29 is 41.5 Å². The Morgan fingerprint density at radius 3 is 2.14 bits per heavy atom. The lowest BCUT2D eigenvalue weighted by molar-refractivity contribution is -0.130. The molecule has 190 valence electrons. The van der Waals surface area contributed by atoms with Crippen LogP contribution < -0.4 is 20.7 Å². The molecule has 0 aliphatic heterocycles. The zero-order valence-electron chi connectivity index (χ0n) is 18.2. The Balaban J connectivity index is 1.84. The normalized spacial score (nSPS) is 12.7. The Hall–Kier alpha value is -4.14. The highest BCUT2D eigenvalue weighted by molar-refractivity contribution is 7.89. The molecular weight excluding hydrogens is 505 g/mol. The Morgan fingerprint density at radius 1 is 1.03 bits per heavy atom. The lowest BCUT2D eigenvalue weighted by Crippen LogP contribution is -2.47. The highest BCUT2D eigenvalue weighted by atomic mass is 32.2. The van der Waals surface area contributed by atoms with Crippen LogP contribution in [0.3, 0.4) is 0 Å². The van der Waals surface area contributed by atoms with Gasteiger partial charge in [-0.15, -0.1) is 0 Å². The minimum Gasteiger partial charge on any atom is -0.451 e. The predicted molar refractivity (Wildman–Crippen MR) is 120 cm³/mol. The molecule has 0 bridgehead atoms. The number of nitrogens with one attached hydrogen (secondary N) is 2. The second kappa shape index (κ2) is 11.1. The van der Waals surface area contributed by atoms with Gasteiger partial charge in [0.2, 0.25) is 10.0 Å². The number of nitrogens with zero attached hydrogens (tertiary/aromatic N) is 1. The third-order valence-electron chi connectivity index (χ3n) is 4.84. The van der Waals surface area contributed by atoms with E-state index in [1.807, 2.05) is 4.72 Å². The maximum absolute atomic E-state index is 14.6. The summed E-state index contributed by atoms with van der Waals surface area (Å²) in [4.78, 5) is 11.2. The van der Waals surface area contributed by atoms with E-state index in [2.05, 4.69) is 5.16 Å². The number of carbonyl (C=O) groups excluding carboxylic acids is 1. The van der Waals surface area contributed by atoms with Gasteiger partial charge in [0.25, 0.3) is 5.91 Å². The van der Waals surface area contributed by atoms with Gasteiger partial charge >= 0.3 is 0 Å². The van der Waals surface area contributed by atoms with Crippen molar-refractivity contribution in [3.63, 3.8) is 0 Å². The Bertz CT molecular complexity index is 1360. The molecule has 0 unspecified atom stereocenters. The average Bonchev–Trinajstić information content (AvgIpc) is 2.86. The van der Waals surface area contributed by atoms with Crippen LogP contribution in [-0.2, 0) is 21.2 Å². The van der Waals surface area contributed by atoms with E-state index in [9.17, 15) is 26.4 Å². The van der Waals surface area contributed by atoms with Crippen molar-refractivity contribution in [3.8, 4) is 11.5 Å². The summed E-state index contributed by atoms with van der Waals surface area (Å²) in [5, 5.41) is 20.6. The standard InChI is InChI=1S/C22H19F3N4O6S/c23-14-5-7-15(8-6-14)35-20-17(24)10-16(11-18(20)25)36(33,34)29-19(22(30)28-32)9-12-1-3-13(4-2-12)21(26)27-31/h1-8,10-11,19,29,31-32H,9H2,(H2,26,27)(H,28,30)/t19-/m1/s1. The molecule has 10 nitrogen and oxygen atoms in total. The molecule has 3 rings (SSSR count). The first-order valence-corrected chi connectivity index (χ1v) is 11.5. The zero-order valence-corrected chi connectivity index (χ0v) is 19.0. The molecule has 14 heteroatoms. The van der Waals surface area contributed by atoms with Crippen LogP contribution in [0.15, 0.2) is 70.7 Å². The van der Waals surface area contributed by atoms with Crippen LogP contribution in [0.5, 0.6) is 11.5 Å². The van der Waals surface area contributed by atoms with Crippen molar-refractivity contribution >= 4 is 21.8 Å². The van der Waals surface area contributed by atoms with Crippen molar-refractivity contribution in [2.24, 2.45) is 10.9 Å². The second-order valence-electron chi connectivity index (χ2n) is 7.31. The van der Waals surface area contributed by atoms with Crippen LogP contribution >= 0.6 is 0 Å². The molecule has 6 N–H and O–H groups in total. The number of hydrogen-bond acceptors (Lipinski definition) is 7. The number of oxime groups is 1. The molecule has 1 amide bonds. The van der Waals surface area contributed by atoms with E-state index in [0.717, 1.165) is 24.3 Å². The smallest absolute Gasteiger partial charge is 0.261 e. The van der Waals surface area contributed by atoms with Crippen molar-refractivity contribution in [1.82, 2.24) is 10.2 Å². The Kier molecular flexibility index (Phi) is 8.14. The van der Waals surface area contributed by atoms with Crippen LogP contribution in [0.1, 0.15) is 11.1 Å². The summed E-state index contributed by atoms with van der Waals surface area (Å²) >= 11 is 0. The number of ether oxygens (including phenoxy) is 1. The summed E-state index contributed by atoms with van der Waals surface area (Å²) in [6.07, 6.45) is -0.279. The highest BCUT2D eigenvalue weighted by Crippen LogP contribution is 2.30. The molecule has 0 heterocycles. The third kappa shape index (κ3) is 6.29. The van der Waals surface area contributed by atoms with Crippen LogP contribution in [0, 0.1) is 17.5 Å². The Labute approximate surface area is 202 Å². The third-order valence-corrected chi connectivity index (χ3v) is 6.29. The van der Waals surface area contributed by atoms with Gasteiger partial charge in [-0.3, -0.25) is 10.0 Å². The number of hydroxylamine groups is 1. The van der Waals surface area contributed by atoms with Crippen LogP contribution in [0.2, 0.25) is 0 Å². The minimum atomic E-state index is -4.68. The van der Waals surface area contributed by atoms with Gasteiger partial charge in [-0.05, 0) is 48.4 Å². The van der Waals surface area contributed by atoms with E-state index in [1.165, 1.54) is 29.7 Å². The van der Waals surface area contributed by atoms with Gasteiger partial charge < -0.3 is 15.7 Å². The van der Waals surface area contributed by atoms with E-state index in [0.29, 0.717) is 23.3 Å². The summed E-state index contributed by atoms with van der Waals surface area (Å²) in [5.41, 5.74) is 7.55. The number of rotatable bonds is 9. The monoisotopic (exact) mass is 524 g/mol. The van der Waals surface area contributed by atoms with Crippen molar-refractivity contribution in [1.29, 1.82) is 0 Å². The molecule has 0 aliphatic rings. The first kappa shape index (κ1) is 26.5. The van der Waals surface area contributed by atoms with Gasteiger partial charge in [0, 0.05) is 5.56 Å². The molecule has 1 atom stereocenters. The number of sulfonamides is 1. The summed E-state index contributed by atoms with van der Waals surface area (Å²) in [7, 11) is -4.68. The predicted octanol–water partition coefficient (Wildman–Crippen LogP) is 2.39. The average molecular weight is 524 g/mol. The molecular formula is C22H19F3N4O6S. The molecule has 3 aromatic rings. The maximum atomic E-state index is 14.6. The van der Waals surface area contributed by atoms with Crippen LogP contribution in [0.4, 0.5) is 13.2 Å². The molecule has 36 heavy (non-hydrogen) atoms. The van der Waals surface area contributed by atoms with Crippen molar-refractivity contribution in [2.75, 3.05) is 0 Å².